The van der Waals surface area contributed by atoms with E-state index in [0.29, 0.717) is 15.7 Å². The number of nitrogens with two attached hydrogens (primary N) is 1. The summed E-state index contributed by atoms with van der Waals surface area (Å²) in [5.41, 5.74) is 1.73. The average Bonchev–Trinajstić information content (AvgIpc) is 2.85. The maximum Gasteiger partial charge on any atom is 0.292 e. The third kappa shape index (κ3) is 3.78. The van der Waals surface area contributed by atoms with Crippen LogP contribution >= 0.6 is 23.2 Å². The SMILES string of the molecule is O=C1CC([NH2+]CCc2ccc(Cl)cc2)C(=O)N1c1ccc(Cl)cc1. The number of carbonyl (C=O) groups excluding carboxylic acids is 2. The molecule has 2 aromatic rings. The Kier molecular flexibility index (Phi) is 5.19. The molecule has 2 N–H and O–H groups in total. The third-order valence-corrected chi connectivity index (χ3v) is 4.57. The summed E-state index contributed by atoms with van der Waals surface area (Å²) in [6.45, 7) is 0.736. The molecule has 6 heteroatoms. The number of hydrogen-bond acceptors (Lipinski definition) is 2. The summed E-state index contributed by atoms with van der Waals surface area (Å²) in [5, 5.41) is 3.21. The molecule has 1 fully saturated rings. The zero-order valence-corrected chi connectivity index (χ0v) is 14.4. The number of benzene rings is 2. The normalized spacial score (nSPS) is 17.6. The van der Waals surface area contributed by atoms with Gasteiger partial charge in [0.2, 0.25) is 5.91 Å². The van der Waals surface area contributed by atoms with Gasteiger partial charge in [0.1, 0.15) is 0 Å². The fourth-order valence-electron chi connectivity index (χ4n) is 2.80. The first-order valence-electron chi connectivity index (χ1n) is 7.75. The first kappa shape index (κ1) is 17.0. The van der Waals surface area contributed by atoms with E-state index in [9.17, 15) is 9.59 Å². The molecule has 1 aliphatic heterocycles. The number of nitrogens with zero attached hydrogens (tertiary/aromatic N) is 1. The molecule has 0 spiro atoms. The molecule has 2 amide bonds. The first-order valence-corrected chi connectivity index (χ1v) is 8.50. The second-order valence-corrected chi connectivity index (χ2v) is 6.63. The van der Waals surface area contributed by atoms with Crippen molar-refractivity contribution in [2.45, 2.75) is 18.9 Å². The summed E-state index contributed by atoms with van der Waals surface area (Å²) in [5.74, 6) is -0.339. The van der Waals surface area contributed by atoms with Crippen LogP contribution in [-0.2, 0) is 16.0 Å². The Balaban J connectivity index is 1.59. The van der Waals surface area contributed by atoms with Crippen LogP contribution in [-0.4, -0.2) is 24.4 Å². The third-order valence-electron chi connectivity index (χ3n) is 4.06. The van der Waals surface area contributed by atoms with Gasteiger partial charge in [0, 0.05) is 16.5 Å². The minimum absolute atomic E-state index is 0.168. The Labute approximate surface area is 150 Å². The smallest absolute Gasteiger partial charge is 0.292 e. The van der Waals surface area contributed by atoms with E-state index in [1.54, 1.807) is 24.3 Å². The predicted molar refractivity (Wildman–Crippen MR) is 94.3 cm³/mol. The van der Waals surface area contributed by atoms with Crippen molar-refractivity contribution in [2.24, 2.45) is 0 Å². The number of halogens is 2. The molecular formula is C18H17Cl2N2O2+. The predicted octanol–water partition coefficient (Wildman–Crippen LogP) is 2.43. The molecular weight excluding hydrogens is 347 g/mol. The van der Waals surface area contributed by atoms with Crippen molar-refractivity contribution in [1.82, 2.24) is 0 Å². The van der Waals surface area contributed by atoms with Crippen LogP contribution in [0.5, 0.6) is 0 Å². The van der Waals surface area contributed by atoms with Crippen LogP contribution in [0.3, 0.4) is 0 Å². The van der Waals surface area contributed by atoms with E-state index < -0.39 is 0 Å². The number of hydrogen-bond donors (Lipinski definition) is 1. The van der Waals surface area contributed by atoms with Gasteiger partial charge in [-0.05, 0) is 42.0 Å². The molecule has 0 bridgehead atoms. The number of amides is 2. The van der Waals surface area contributed by atoms with E-state index >= 15 is 0 Å². The van der Waals surface area contributed by atoms with Crippen LogP contribution in [0.25, 0.3) is 0 Å². The van der Waals surface area contributed by atoms with Gasteiger partial charge in [-0.2, -0.15) is 0 Å². The van der Waals surface area contributed by atoms with Crippen molar-refractivity contribution >= 4 is 40.7 Å². The number of rotatable bonds is 5. The van der Waals surface area contributed by atoms with E-state index in [-0.39, 0.29) is 24.3 Å². The Morgan fingerprint density at radius 3 is 2.17 bits per heavy atom. The maximum absolute atomic E-state index is 12.5. The van der Waals surface area contributed by atoms with Gasteiger partial charge in [0.05, 0.1) is 18.7 Å². The second-order valence-electron chi connectivity index (χ2n) is 5.76. The van der Waals surface area contributed by atoms with Crippen LogP contribution in [0.2, 0.25) is 10.0 Å². The van der Waals surface area contributed by atoms with E-state index in [4.69, 9.17) is 23.2 Å². The molecule has 0 aliphatic carbocycles. The summed E-state index contributed by atoms with van der Waals surface area (Å²) < 4.78 is 0. The summed E-state index contributed by atoms with van der Waals surface area (Å²) in [6, 6.07) is 14.0. The van der Waals surface area contributed by atoms with Crippen LogP contribution < -0.4 is 10.2 Å². The minimum Gasteiger partial charge on any atom is -0.335 e. The van der Waals surface area contributed by atoms with E-state index in [2.05, 4.69) is 0 Å². The van der Waals surface area contributed by atoms with Gasteiger partial charge in [-0.15, -0.1) is 0 Å². The molecule has 1 aliphatic rings. The van der Waals surface area contributed by atoms with Gasteiger partial charge in [-0.1, -0.05) is 35.3 Å². The highest BCUT2D eigenvalue weighted by molar-refractivity contribution is 6.31. The molecule has 3 rings (SSSR count). The largest absolute Gasteiger partial charge is 0.335 e. The van der Waals surface area contributed by atoms with Gasteiger partial charge in [-0.3, -0.25) is 9.59 Å². The molecule has 0 radical (unpaired) electrons. The lowest BCUT2D eigenvalue weighted by Crippen LogP contribution is -2.92. The van der Waals surface area contributed by atoms with Crippen molar-refractivity contribution in [2.75, 3.05) is 11.4 Å². The monoisotopic (exact) mass is 363 g/mol. The highest BCUT2D eigenvalue weighted by Crippen LogP contribution is 2.23. The molecule has 1 atom stereocenters. The Morgan fingerprint density at radius 2 is 1.54 bits per heavy atom. The fraction of sp³-hybridized carbons (Fsp3) is 0.222. The van der Waals surface area contributed by atoms with Gasteiger partial charge >= 0.3 is 0 Å². The van der Waals surface area contributed by atoms with Gasteiger partial charge in [0.25, 0.3) is 5.91 Å². The van der Waals surface area contributed by atoms with E-state index in [1.165, 1.54) is 4.90 Å². The molecule has 0 saturated carbocycles. The van der Waals surface area contributed by atoms with Crippen molar-refractivity contribution in [3.8, 4) is 0 Å². The molecule has 1 saturated heterocycles. The second kappa shape index (κ2) is 7.34. The molecule has 1 unspecified atom stereocenters. The fourth-order valence-corrected chi connectivity index (χ4v) is 3.06. The summed E-state index contributed by atoms with van der Waals surface area (Å²) in [6.07, 6.45) is 1.04. The minimum atomic E-state index is -0.361. The lowest BCUT2D eigenvalue weighted by Gasteiger charge is -2.14. The lowest BCUT2D eigenvalue weighted by atomic mass is 10.1. The van der Waals surface area contributed by atoms with Crippen molar-refractivity contribution < 1.29 is 14.9 Å². The van der Waals surface area contributed by atoms with Crippen LogP contribution in [0.15, 0.2) is 48.5 Å². The summed E-state index contributed by atoms with van der Waals surface area (Å²) in [4.78, 5) is 26.0. The number of imide groups is 1. The van der Waals surface area contributed by atoms with Gasteiger partial charge in [0.15, 0.2) is 6.04 Å². The highest BCUT2D eigenvalue weighted by atomic mass is 35.5. The van der Waals surface area contributed by atoms with Crippen molar-refractivity contribution in [3.05, 3.63) is 64.1 Å². The Bertz CT molecular complexity index is 745. The summed E-state index contributed by atoms with van der Waals surface area (Å²) in [7, 11) is 0. The Hall–Kier alpha value is -1.88. The molecule has 24 heavy (non-hydrogen) atoms. The lowest BCUT2D eigenvalue weighted by molar-refractivity contribution is -0.674. The number of anilines is 1. The zero-order chi connectivity index (χ0) is 17.1. The van der Waals surface area contributed by atoms with Crippen LogP contribution in [0.4, 0.5) is 5.69 Å². The first-order chi connectivity index (χ1) is 11.5. The standard InChI is InChI=1S/C18H16Cl2N2O2/c19-13-3-1-12(2-4-13)9-10-21-16-11-17(23)22(18(16)24)15-7-5-14(20)6-8-15/h1-8,16,21H,9-11H2/p+1. The quantitative estimate of drug-likeness (QED) is 0.829. The molecule has 0 aromatic heterocycles. The molecule has 124 valence electrons. The number of carbonyl (C=O) groups is 2. The summed E-state index contributed by atoms with van der Waals surface area (Å²) >= 11 is 11.7. The highest BCUT2D eigenvalue weighted by Gasteiger charge is 2.41. The molecule has 4 nitrogen and oxygen atoms in total. The average molecular weight is 364 g/mol. The molecule has 1 heterocycles. The van der Waals surface area contributed by atoms with Crippen LogP contribution in [0, 0.1) is 0 Å². The number of quaternary nitrogens is 1. The topological polar surface area (TPSA) is 54.0 Å². The maximum atomic E-state index is 12.5. The van der Waals surface area contributed by atoms with Gasteiger partial charge < -0.3 is 5.32 Å². The van der Waals surface area contributed by atoms with Gasteiger partial charge in [-0.25, -0.2) is 4.90 Å². The van der Waals surface area contributed by atoms with Crippen LogP contribution in [0.1, 0.15) is 12.0 Å². The van der Waals surface area contributed by atoms with Crippen molar-refractivity contribution in [1.29, 1.82) is 0 Å². The van der Waals surface area contributed by atoms with Crippen molar-refractivity contribution in [3.63, 3.8) is 0 Å². The zero-order valence-electron chi connectivity index (χ0n) is 12.9. The van der Waals surface area contributed by atoms with E-state index in [0.717, 1.165) is 18.5 Å². The molecule has 2 aromatic carbocycles. The Morgan fingerprint density at radius 1 is 0.958 bits per heavy atom. The van der Waals surface area contributed by atoms with E-state index in [1.807, 2.05) is 29.6 Å².